The smallest absolute Gasteiger partial charge is 0.243 e. The van der Waals surface area contributed by atoms with E-state index in [0.717, 1.165) is 26.7 Å². The number of carbonyl (C=O) groups is 2. The van der Waals surface area contributed by atoms with E-state index in [1.54, 1.807) is 4.90 Å². The summed E-state index contributed by atoms with van der Waals surface area (Å²) in [6.45, 7) is 8.24. The molecule has 1 atom stereocenters. The second-order valence-corrected chi connectivity index (χ2v) is 10.7. The van der Waals surface area contributed by atoms with Gasteiger partial charge >= 0.3 is 0 Å². The van der Waals surface area contributed by atoms with Crippen LogP contribution in [0.3, 0.4) is 0 Å². The van der Waals surface area contributed by atoms with Crippen LogP contribution in [0.2, 0.25) is 0 Å². The zero-order chi connectivity index (χ0) is 24.7. The highest BCUT2D eigenvalue weighted by Crippen LogP contribution is 2.20. The topological polar surface area (TPSA) is 49.4 Å². The molecule has 3 aromatic rings. The highest BCUT2D eigenvalue weighted by Gasteiger charge is 2.32. The highest BCUT2D eigenvalue weighted by atomic mass is 79.9. The van der Waals surface area contributed by atoms with Gasteiger partial charge in [-0.15, -0.1) is 0 Å². The molecular weight excluding hydrogens is 488 g/mol. The first-order valence-electron chi connectivity index (χ1n) is 11.6. The number of hydrogen-bond donors (Lipinski definition) is 1. The molecule has 34 heavy (non-hydrogen) atoms. The lowest BCUT2D eigenvalue weighted by molar-refractivity contribution is -0.141. The Bertz CT molecular complexity index is 1100. The number of halogens is 1. The molecule has 5 heteroatoms. The fourth-order valence-corrected chi connectivity index (χ4v) is 4.27. The van der Waals surface area contributed by atoms with Crippen molar-refractivity contribution in [2.75, 3.05) is 0 Å². The van der Waals surface area contributed by atoms with E-state index in [1.807, 2.05) is 107 Å². The van der Waals surface area contributed by atoms with Crippen molar-refractivity contribution in [2.45, 2.75) is 58.7 Å². The van der Waals surface area contributed by atoms with Crippen LogP contribution in [0.4, 0.5) is 0 Å². The molecule has 0 aliphatic carbocycles. The van der Waals surface area contributed by atoms with Crippen molar-refractivity contribution in [3.05, 3.63) is 106 Å². The molecule has 0 fully saturated rings. The molecule has 0 saturated carbocycles. The van der Waals surface area contributed by atoms with Crippen molar-refractivity contribution < 1.29 is 9.59 Å². The Hall–Kier alpha value is -2.92. The van der Waals surface area contributed by atoms with E-state index in [9.17, 15) is 9.59 Å². The summed E-state index contributed by atoms with van der Waals surface area (Å²) in [6, 6.07) is 25.1. The fourth-order valence-electron chi connectivity index (χ4n) is 3.82. The van der Waals surface area contributed by atoms with Crippen LogP contribution in [0.25, 0.3) is 0 Å². The number of nitrogens with zero attached hydrogens (tertiary/aromatic N) is 1. The molecule has 0 heterocycles. The van der Waals surface area contributed by atoms with Gasteiger partial charge in [0.2, 0.25) is 11.8 Å². The maximum Gasteiger partial charge on any atom is 0.243 e. The van der Waals surface area contributed by atoms with Crippen LogP contribution < -0.4 is 5.32 Å². The molecule has 3 rings (SSSR count). The van der Waals surface area contributed by atoms with Gasteiger partial charge in [0.25, 0.3) is 0 Å². The molecule has 3 aromatic carbocycles. The monoisotopic (exact) mass is 520 g/mol. The normalized spacial score (nSPS) is 12.1. The van der Waals surface area contributed by atoms with Crippen molar-refractivity contribution in [1.29, 1.82) is 0 Å². The predicted molar refractivity (Wildman–Crippen MR) is 141 cm³/mol. The van der Waals surface area contributed by atoms with Crippen LogP contribution in [0.1, 0.15) is 43.0 Å². The standard InChI is InChI=1S/C29H33BrN2O2/c1-21-13-15-23(16-14-21)19-27(33)32(20-24-11-8-12-25(30)17-24)26(28(34)31-29(2,3)4)18-22-9-6-5-7-10-22/h5-17,26H,18-20H2,1-4H3,(H,31,34)/t26-/m1/s1. The number of carbonyl (C=O) groups excluding carboxylic acids is 2. The van der Waals surface area contributed by atoms with Crippen molar-refractivity contribution in [1.82, 2.24) is 10.2 Å². The van der Waals surface area contributed by atoms with E-state index in [2.05, 4.69) is 21.2 Å². The third-order valence-electron chi connectivity index (χ3n) is 5.49. The van der Waals surface area contributed by atoms with Gasteiger partial charge in [-0.1, -0.05) is 88.2 Å². The summed E-state index contributed by atoms with van der Waals surface area (Å²) in [5.41, 5.74) is 3.65. The van der Waals surface area contributed by atoms with Crippen molar-refractivity contribution in [3.63, 3.8) is 0 Å². The Balaban J connectivity index is 1.98. The van der Waals surface area contributed by atoms with E-state index in [-0.39, 0.29) is 18.2 Å². The van der Waals surface area contributed by atoms with Crippen LogP contribution in [-0.4, -0.2) is 28.3 Å². The van der Waals surface area contributed by atoms with Crippen LogP contribution >= 0.6 is 15.9 Å². The molecule has 0 unspecified atom stereocenters. The zero-order valence-electron chi connectivity index (χ0n) is 20.3. The first kappa shape index (κ1) is 25.7. The molecule has 0 spiro atoms. The van der Waals surface area contributed by atoms with Gasteiger partial charge in [-0.05, 0) is 56.5 Å². The minimum Gasteiger partial charge on any atom is -0.350 e. The number of aryl methyl sites for hydroxylation is 1. The first-order valence-corrected chi connectivity index (χ1v) is 12.4. The molecule has 0 bridgehead atoms. The summed E-state index contributed by atoms with van der Waals surface area (Å²) >= 11 is 3.53. The molecule has 0 aromatic heterocycles. The number of rotatable bonds is 8. The molecular formula is C29H33BrN2O2. The molecule has 0 aliphatic rings. The van der Waals surface area contributed by atoms with Gasteiger partial charge < -0.3 is 10.2 Å². The second-order valence-electron chi connectivity index (χ2n) is 9.76. The minimum absolute atomic E-state index is 0.0752. The lowest BCUT2D eigenvalue weighted by atomic mass is 9.99. The van der Waals surface area contributed by atoms with Crippen molar-refractivity contribution in [2.24, 2.45) is 0 Å². The van der Waals surface area contributed by atoms with Gasteiger partial charge in [-0.3, -0.25) is 9.59 Å². The predicted octanol–water partition coefficient (Wildman–Crippen LogP) is 5.85. The van der Waals surface area contributed by atoms with Gasteiger partial charge in [0.1, 0.15) is 6.04 Å². The summed E-state index contributed by atoms with van der Waals surface area (Å²) < 4.78 is 0.940. The Morgan fingerprint density at radius 1 is 0.882 bits per heavy atom. The van der Waals surface area contributed by atoms with Gasteiger partial charge in [0.05, 0.1) is 6.42 Å². The third-order valence-corrected chi connectivity index (χ3v) is 5.98. The molecule has 1 N–H and O–H groups in total. The highest BCUT2D eigenvalue weighted by molar-refractivity contribution is 9.10. The first-order chi connectivity index (χ1) is 16.1. The summed E-state index contributed by atoms with van der Waals surface area (Å²) in [4.78, 5) is 29.0. The lowest BCUT2D eigenvalue weighted by Gasteiger charge is -2.34. The third kappa shape index (κ3) is 7.84. The SMILES string of the molecule is Cc1ccc(CC(=O)N(Cc2cccc(Br)c2)[C@H](Cc2ccccc2)C(=O)NC(C)(C)C)cc1. The number of amides is 2. The summed E-state index contributed by atoms with van der Waals surface area (Å²) in [6.07, 6.45) is 0.679. The summed E-state index contributed by atoms with van der Waals surface area (Å²) in [7, 11) is 0. The summed E-state index contributed by atoms with van der Waals surface area (Å²) in [5, 5.41) is 3.10. The Labute approximate surface area is 211 Å². The van der Waals surface area contributed by atoms with Crippen LogP contribution in [0.15, 0.2) is 83.3 Å². The molecule has 2 amide bonds. The maximum atomic E-state index is 13.7. The van der Waals surface area contributed by atoms with E-state index in [0.29, 0.717) is 13.0 Å². The number of hydrogen-bond acceptors (Lipinski definition) is 2. The van der Waals surface area contributed by atoms with Gasteiger partial charge in [0.15, 0.2) is 0 Å². The zero-order valence-corrected chi connectivity index (χ0v) is 21.9. The van der Waals surface area contributed by atoms with Crippen LogP contribution in [0, 0.1) is 6.92 Å². The average molecular weight is 521 g/mol. The maximum absolute atomic E-state index is 13.7. The Morgan fingerprint density at radius 3 is 2.15 bits per heavy atom. The van der Waals surface area contributed by atoms with Crippen molar-refractivity contribution in [3.8, 4) is 0 Å². The average Bonchev–Trinajstić information content (AvgIpc) is 2.77. The molecule has 0 radical (unpaired) electrons. The largest absolute Gasteiger partial charge is 0.350 e. The van der Waals surface area contributed by atoms with Crippen LogP contribution in [-0.2, 0) is 29.0 Å². The van der Waals surface area contributed by atoms with Gasteiger partial charge in [0, 0.05) is 23.0 Å². The lowest BCUT2D eigenvalue weighted by Crippen LogP contribution is -2.54. The molecule has 0 saturated heterocycles. The Morgan fingerprint density at radius 2 is 1.53 bits per heavy atom. The molecule has 178 valence electrons. The number of benzene rings is 3. The van der Waals surface area contributed by atoms with E-state index in [1.165, 1.54) is 0 Å². The number of nitrogens with one attached hydrogen (secondary N) is 1. The molecule has 4 nitrogen and oxygen atoms in total. The van der Waals surface area contributed by atoms with E-state index >= 15 is 0 Å². The van der Waals surface area contributed by atoms with E-state index < -0.39 is 11.6 Å². The van der Waals surface area contributed by atoms with Gasteiger partial charge in [-0.2, -0.15) is 0 Å². The van der Waals surface area contributed by atoms with Crippen molar-refractivity contribution >= 4 is 27.7 Å². The van der Waals surface area contributed by atoms with Crippen LogP contribution in [0.5, 0.6) is 0 Å². The fraction of sp³-hybridized carbons (Fsp3) is 0.310. The molecule has 0 aliphatic heterocycles. The van der Waals surface area contributed by atoms with Gasteiger partial charge in [-0.25, -0.2) is 0 Å². The van der Waals surface area contributed by atoms with E-state index in [4.69, 9.17) is 0 Å². The minimum atomic E-state index is -0.640. The second kappa shape index (κ2) is 11.5. The Kier molecular flexibility index (Phi) is 8.67. The quantitative estimate of drug-likeness (QED) is 0.404. The summed E-state index contributed by atoms with van der Waals surface area (Å²) in [5.74, 6) is -0.225.